The van der Waals surface area contributed by atoms with Gasteiger partial charge in [-0.1, -0.05) is 36.4 Å². The first-order chi connectivity index (χ1) is 13.4. The number of hydrogen-bond donors (Lipinski definition) is 2. The Morgan fingerprint density at radius 2 is 1.50 bits per heavy atom. The summed E-state index contributed by atoms with van der Waals surface area (Å²) in [5, 5.41) is 12.2. The van der Waals surface area contributed by atoms with Gasteiger partial charge >= 0.3 is 5.97 Å². The van der Waals surface area contributed by atoms with E-state index in [2.05, 4.69) is 5.32 Å². The molecule has 3 aromatic carbocycles. The fourth-order valence-electron chi connectivity index (χ4n) is 2.93. The maximum Gasteiger partial charge on any atom is 0.339 e. The summed E-state index contributed by atoms with van der Waals surface area (Å²) in [6.45, 7) is 3.89. The lowest BCUT2D eigenvalue weighted by atomic mass is 10.1. The molecule has 3 rings (SSSR count). The number of carbonyl (C=O) groups is 2. The van der Waals surface area contributed by atoms with Crippen LogP contribution in [0, 0.1) is 13.8 Å². The first-order valence-electron chi connectivity index (χ1n) is 8.86. The summed E-state index contributed by atoms with van der Waals surface area (Å²) >= 11 is 0. The van der Waals surface area contributed by atoms with Crippen molar-refractivity contribution in [1.29, 1.82) is 0 Å². The number of phenols is 1. The molecule has 3 aromatic rings. The summed E-state index contributed by atoms with van der Waals surface area (Å²) in [4.78, 5) is 25.4. The Morgan fingerprint density at radius 3 is 2.11 bits per heavy atom. The second-order valence-electron chi connectivity index (χ2n) is 6.61. The summed E-state index contributed by atoms with van der Waals surface area (Å²) in [6.07, 6.45) is -1.11. The molecule has 1 atom stereocenters. The number of benzene rings is 3. The Hall–Kier alpha value is -3.60. The lowest BCUT2D eigenvalue weighted by Gasteiger charge is -2.18. The van der Waals surface area contributed by atoms with Crippen molar-refractivity contribution in [2.75, 3.05) is 5.32 Å². The number of phenolic OH excluding ortho intramolecular Hbond substituents is 1. The van der Waals surface area contributed by atoms with Gasteiger partial charge in [0.15, 0.2) is 0 Å². The Morgan fingerprint density at radius 1 is 0.893 bits per heavy atom. The molecule has 0 aliphatic heterocycles. The minimum Gasteiger partial charge on any atom is -0.508 e. The van der Waals surface area contributed by atoms with Crippen LogP contribution in [-0.4, -0.2) is 17.0 Å². The Bertz CT molecular complexity index is 961. The average Bonchev–Trinajstić information content (AvgIpc) is 2.66. The van der Waals surface area contributed by atoms with Crippen LogP contribution in [0.5, 0.6) is 5.75 Å². The Labute approximate surface area is 163 Å². The van der Waals surface area contributed by atoms with E-state index in [1.807, 2.05) is 38.1 Å². The fourth-order valence-corrected chi connectivity index (χ4v) is 2.93. The number of hydrogen-bond acceptors (Lipinski definition) is 4. The van der Waals surface area contributed by atoms with Crippen LogP contribution in [0.4, 0.5) is 5.69 Å². The molecular formula is C23H21NO4. The zero-order valence-corrected chi connectivity index (χ0v) is 15.7. The number of aromatic hydroxyl groups is 1. The Balaban J connectivity index is 1.85. The first kappa shape index (κ1) is 19.2. The van der Waals surface area contributed by atoms with Gasteiger partial charge in [0.05, 0.1) is 5.56 Å². The van der Waals surface area contributed by atoms with Crippen molar-refractivity contribution >= 4 is 17.6 Å². The SMILES string of the molecule is Cc1cc(C)cc(NC(=O)[C@@H](OC(=O)c2ccc(O)cc2)c2ccccc2)c1. The first-order valence-corrected chi connectivity index (χ1v) is 8.86. The van der Waals surface area contributed by atoms with Gasteiger partial charge in [-0.05, 0) is 61.4 Å². The maximum absolute atomic E-state index is 12.9. The molecular weight excluding hydrogens is 354 g/mol. The van der Waals surface area contributed by atoms with Crippen LogP contribution in [0.25, 0.3) is 0 Å². The van der Waals surface area contributed by atoms with Crippen LogP contribution in [0.15, 0.2) is 72.8 Å². The van der Waals surface area contributed by atoms with E-state index in [-0.39, 0.29) is 11.3 Å². The molecule has 28 heavy (non-hydrogen) atoms. The minimum atomic E-state index is -1.11. The summed E-state index contributed by atoms with van der Waals surface area (Å²) in [6, 6.07) is 20.2. The van der Waals surface area contributed by atoms with Gasteiger partial charge in [-0.2, -0.15) is 0 Å². The standard InChI is InChI=1S/C23H21NO4/c1-15-12-16(2)14-19(13-15)24-22(26)21(17-6-4-3-5-7-17)28-23(27)18-8-10-20(25)11-9-18/h3-14,21,25H,1-2H3,(H,24,26)/t21-/m0/s1. The monoisotopic (exact) mass is 375 g/mol. The second-order valence-corrected chi connectivity index (χ2v) is 6.61. The van der Waals surface area contributed by atoms with Crippen LogP contribution in [0.2, 0.25) is 0 Å². The van der Waals surface area contributed by atoms with E-state index < -0.39 is 18.0 Å². The number of nitrogens with one attached hydrogen (secondary N) is 1. The molecule has 0 heterocycles. The third kappa shape index (κ3) is 4.76. The van der Waals surface area contributed by atoms with Gasteiger partial charge in [0.1, 0.15) is 5.75 Å². The van der Waals surface area contributed by atoms with Crippen LogP contribution in [0.3, 0.4) is 0 Å². The largest absolute Gasteiger partial charge is 0.508 e. The van der Waals surface area contributed by atoms with Crippen molar-refractivity contribution in [2.24, 2.45) is 0 Å². The molecule has 0 aromatic heterocycles. The smallest absolute Gasteiger partial charge is 0.339 e. The van der Waals surface area contributed by atoms with Crippen molar-refractivity contribution in [3.8, 4) is 5.75 Å². The minimum absolute atomic E-state index is 0.0451. The van der Waals surface area contributed by atoms with E-state index in [1.54, 1.807) is 24.3 Å². The third-order valence-electron chi connectivity index (χ3n) is 4.16. The van der Waals surface area contributed by atoms with Gasteiger partial charge in [0, 0.05) is 11.3 Å². The molecule has 2 N–H and O–H groups in total. The van der Waals surface area contributed by atoms with Gasteiger partial charge in [-0.15, -0.1) is 0 Å². The Kier molecular flexibility index (Phi) is 5.75. The van der Waals surface area contributed by atoms with Crippen LogP contribution in [0.1, 0.15) is 33.2 Å². The van der Waals surface area contributed by atoms with Crippen LogP contribution < -0.4 is 5.32 Å². The molecule has 0 spiro atoms. The van der Waals surface area contributed by atoms with E-state index in [9.17, 15) is 14.7 Å². The van der Waals surface area contributed by atoms with E-state index in [4.69, 9.17) is 4.74 Å². The van der Waals surface area contributed by atoms with Gasteiger partial charge in [-0.3, -0.25) is 4.79 Å². The van der Waals surface area contributed by atoms with Crippen molar-refractivity contribution in [1.82, 2.24) is 0 Å². The fraction of sp³-hybridized carbons (Fsp3) is 0.130. The molecule has 0 fully saturated rings. The van der Waals surface area contributed by atoms with Crippen molar-refractivity contribution in [3.05, 3.63) is 95.1 Å². The summed E-state index contributed by atoms with van der Waals surface area (Å²) in [7, 11) is 0. The van der Waals surface area contributed by atoms with Crippen LogP contribution in [-0.2, 0) is 9.53 Å². The van der Waals surface area contributed by atoms with Crippen LogP contribution >= 0.6 is 0 Å². The molecule has 0 unspecified atom stereocenters. The predicted molar refractivity (Wildman–Crippen MR) is 107 cm³/mol. The molecule has 0 saturated carbocycles. The molecule has 0 bridgehead atoms. The normalized spacial score (nSPS) is 11.5. The van der Waals surface area contributed by atoms with Crippen molar-refractivity contribution in [3.63, 3.8) is 0 Å². The van der Waals surface area contributed by atoms with Crippen molar-refractivity contribution < 1.29 is 19.4 Å². The lowest BCUT2D eigenvalue weighted by Crippen LogP contribution is -2.26. The number of aryl methyl sites for hydroxylation is 2. The van der Waals surface area contributed by atoms with Gasteiger partial charge < -0.3 is 15.2 Å². The zero-order valence-electron chi connectivity index (χ0n) is 15.7. The maximum atomic E-state index is 12.9. The highest BCUT2D eigenvalue weighted by atomic mass is 16.5. The highest BCUT2D eigenvalue weighted by Crippen LogP contribution is 2.23. The topological polar surface area (TPSA) is 75.6 Å². The van der Waals surface area contributed by atoms with E-state index in [0.29, 0.717) is 11.3 Å². The van der Waals surface area contributed by atoms with Crippen molar-refractivity contribution in [2.45, 2.75) is 20.0 Å². The van der Waals surface area contributed by atoms with Gasteiger partial charge in [-0.25, -0.2) is 4.79 Å². The number of anilines is 1. The van der Waals surface area contributed by atoms with E-state index in [0.717, 1.165) is 11.1 Å². The number of amides is 1. The molecule has 5 nitrogen and oxygen atoms in total. The molecule has 142 valence electrons. The molecule has 0 radical (unpaired) electrons. The number of carbonyl (C=O) groups excluding carboxylic acids is 2. The highest BCUT2D eigenvalue weighted by Gasteiger charge is 2.26. The van der Waals surface area contributed by atoms with E-state index in [1.165, 1.54) is 24.3 Å². The number of rotatable bonds is 5. The molecule has 0 aliphatic carbocycles. The zero-order chi connectivity index (χ0) is 20.1. The summed E-state index contributed by atoms with van der Waals surface area (Å²) < 4.78 is 5.52. The molecule has 1 amide bonds. The second kappa shape index (κ2) is 8.39. The summed E-state index contributed by atoms with van der Waals surface area (Å²) in [5.74, 6) is -1.04. The molecule has 5 heteroatoms. The van der Waals surface area contributed by atoms with Gasteiger partial charge in [0.2, 0.25) is 6.10 Å². The quantitative estimate of drug-likeness (QED) is 0.642. The lowest BCUT2D eigenvalue weighted by molar-refractivity contribution is -0.125. The van der Waals surface area contributed by atoms with Gasteiger partial charge in [0.25, 0.3) is 5.91 Å². The van der Waals surface area contributed by atoms with E-state index >= 15 is 0 Å². The molecule has 0 aliphatic rings. The highest BCUT2D eigenvalue weighted by molar-refractivity contribution is 5.98. The summed E-state index contributed by atoms with van der Waals surface area (Å²) in [5.41, 5.74) is 3.50. The third-order valence-corrected chi connectivity index (χ3v) is 4.16. The molecule has 0 saturated heterocycles. The predicted octanol–water partition coefficient (Wildman–Crippen LogP) is 4.55. The average molecular weight is 375 g/mol. The number of esters is 1. The number of ether oxygens (including phenoxy) is 1.